The SMILES string of the molecule is C=CCN(Cc1csc(COc2cccc(C)c2C)n1)C(=O)NCC. The van der Waals surface area contributed by atoms with E-state index in [2.05, 4.69) is 36.8 Å². The van der Waals surface area contributed by atoms with Crippen molar-refractivity contribution in [3.8, 4) is 5.75 Å². The lowest BCUT2D eigenvalue weighted by atomic mass is 10.1. The van der Waals surface area contributed by atoms with Crippen LogP contribution in [0.2, 0.25) is 0 Å². The minimum Gasteiger partial charge on any atom is -0.486 e. The van der Waals surface area contributed by atoms with Crippen molar-refractivity contribution in [2.24, 2.45) is 0 Å². The number of amides is 2. The molecule has 1 aromatic carbocycles. The fourth-order valence-corrected chi connectivity index (χ4v) is 3.04. The summed E-state index contributed by atoms with van der Waals surface area (Å²) in [6, 6.07) is 5.92. The van der Waals surface area contributed by atoms with Crippen LogP contribution in [0.15, 0.2) is 36.2 Å². The molecule has 134 valence electrons. The summed E-state index contributed by atoms with van der Waals surface area (Å²) in [7, 11) is 0. The van der Waals surface area contributed by atoms with Gasteiger partial charge in [0.25, 0.3) is 0 Å². The number of nitrogens with zero attached hydrogens (tertiary/aromatic N) is 2. The van der Waals surface area contributed by atoms with E-state index in [9.17, 15) is 4.79 Å². The highest BCUT2D eigenvalue weighted by molar-refractivity contribution is 7.09. The molecular weight excluding hydrogens is 334 g/mol. The fraction of sp³-hybridized carbons (Fsp3) is 0.368. The molecule has 0 spiro atoms. The molecule has 2 amide bonds. The molecule has 1 N–H and O–H groups in total. The first-order valence-corrected chi connectivity index (χ1v) is 9.19. The van der Waals surface area contributed by atoms with Crippen LogP contribution < -0.4 is 10.1 Å². The Hall–Kier alpha value is -2.34. The monoisotopic (exact) mass is 359 g/mol. The molecule has 5 nitrogen and oxygen atoms in total. The van der Waals surface area contributed by atoms with Crippen molar-refractivity contribution in [2.75, 3.05) is 13.1 Å². The van der Waals surface area contributed by atoms with Crippen molar-refractivity contribution in [2.45, 2.75) is 33.9 Å². The van der Waals surface area contributed by atoms with E-state index >= 15 is 0 Å². The van der Waals surface area contributed by atoms with Crippen LogP contribution in [-0.2, 0) is 13.2 Å². The molecule has 0 atom stereocenters. The number of ether oxygens (including phenoxy) is 1. The molecule has 6 heteroatoms. The van der Waals surface area contributed by atoms with Gasteiger partial charge in [0.2, 0.25) is 0 Å². The van der Waals surface area contributed by atoms with Gasteiger partial charge in [-0.1, -0.05) is 18.2 Å². The van der Waals surface area contributed by atoms with Gasteiger partial charge in [-0.05, 0) is 38.0 Å². The molecule has 2 rings (SSSR count). The zero-order chi connectivity index (χ0) is 18.2. The zero-order valence-corrected chi connectivity index (χ0v) is 15.9. The van der Waals surface area contributed by atoms with Crippen LogP contribution >= 0.6 is 11.3 Å². The van der Waals surface area contributed by atoms with Crippen LogP contribution in [-0.4, -0.2) is 29.0 Å². The van der Waals surface area contributed by atoms with Crippen LogP contribution in [0.5, 0.6) is 5.75 Å². The smallest absolute Gasteiger partial charge is 0.318 e. The predicted octanol–water partition coefficient (Wildman–Crippen LogP) is 4.06. The second-order valence-electron chi connectivity index (χ2n) is 5.72. The number of benzene rings is 1. The van der Waals surface area contributed by atoms with E-state index in [-0.39, 0.29) is 6.03 Å². The van der Waals surface area contributed by atoms with E-state index in [1.807, 2.05) is 24.4 Å². The highest BCUT2D eigenvalue weighted by atomic mass is 32.1. The summed E-state index contributed by atoms with van der Waals surface area (Å²) in [5.41, 5.74) is 3.21. The Balaban J connectivity index is 1.97. The van der Waals surface area contributed by atoms with Gasteiger partial charge in [-0.15, -0.1) is 17.9 Å². The number of carbonyl (C=O) groups excluding carboxylic acids is 1. The average Bonchev–Trinajstić information content (AvgIpc) is 3.03. The lowest BCUT2D eigenvalue weighted by Gasteiger charge is -2.20. The number of thiazole rings is 1. The molecule has 25 heavy (non-hydrogen) atoms. The van der Waals surface area contributed by atoms with E-state index in [0.29, 0.717) is 26.2 Å². The number of hydrogen-bond acceptors (Lipinski definition) is 4. The van der Waals surface area contributed by atoms with E-state index in [1.54, 1.807) is 22.3 Å². The second kappa shape index (κ2) is 9.22. The maximum absolute atomic E-state index is 12.0. The highest BCUT2D eigenvalue weighted by Crippen LogP contribution is 2.22. The Labute approximate surface area is 153 Å². The summed E-state index contributed by atoms with van der Waals surface area (Å²) in [6.45, 7) is 11.7. The van der Waals surface area contributed by atoms with Crippen LogP contribution in [0.3, 0.4) is 0 Å². The Morgan fingerprint density at radius 1 is 1.44 bits per heavy atom. The Morgan fingerprint density at radius 2 is 2.24 bits per heavy atom. The van der Waals surface area contributed by atoms with Crippen molar-refractivity contribution in [3.05, 3.63) is 58.1 Å². The number of aryl methyl sites for hydroxylation is 1. The molecule has 0 aliphatic rings. The molecule has 1 heterocycles. The normalized spacial score (nSPS) is 10.4. The molecule has 0 unspecified atom stereocenters. The molecule has 1 aromatic heterocycles. The molecule has 0 aliphatic heterocycles. The van der Waals surface area contributed by atoms with Gasteiger partial charge in [-0.3, -0.25) is 0 Å². The first kappa shape index (κ1) is 19.0. The summed E-state index contributed by atoms with van der Waals surface area (Å²) < 4.78 is 5.89. The predicted molar refractivity (Wildman–Crippen MR) is 102 cm³/mol. The summed E-state index contributed by atoms with van der Waals surface area (Å²) in [5, 5.41) is 5.67. The van der Waals surface area contributed by atoms with Gasteiger partial charge in [0.05, 0.1) is 12.2 Å². The second-order valence-corrected chi connectivity index (χ2v) is 6.67. The molecule has 0 bridgehead atoms. The van der Waals surface area contributed by atoms with E-state index in [4.69, 9.17) is 4.74 Å². The van der Waals surface area contributed by atoms with Crippen LogP contribution in [0.1, 0.15) is 28.8 Å². The van der Waals surface area contributed by atoms with Crippen molar-refractivity contribution >= 4 is 17.4 Å². The summed E-state index contributed by atoms with van der Waals surface area (Å²) in [6.07, 6.45) is 1.71. The van der Waals surface area contributed by atoms with Crippen molar-refractivity contribution in [1.82, 2.24) is 15.2 Å². The van der Waals surface area contributed by atoms with Gasteiger partial charge >= 0.3 is 6.03 Å². The number of urea groups is 1. The molecule has 2 aromatic rings. The summed E-state index contributed by atoms with van der Waals surface area (Å²) in [4.78, 5) is 18.3. The van der Waals surface area contributed by atoms with E-state index in [0.717, 1.165) is 22.0 Å². The van der Waals surface area contributed by atoms with Gasteiger partial charge in [-0.25, -0.2) is 9.78 Å². The molecule has 0 radical (unpaired) electrons. The molecule has 0 aliphatic carbocycles. The van der Waals surface area contributed by atoms with Gasteiger partial charge in [0.1, 0.15) is 17.4 Å². The molecule has 0 saturated heterocycles. The molecule has 0 fully saturated rings. The average molecular weight is 359 g/mol. The third-order valence-electron chi connectivity index (χ3n) is 3.82. The first-order chi connectivity index (χ1) is 12.0. The quantitative estimate of drug-likeness (QED) is 0.723. The molecule has 0 saturated carbocycles. The van der Waals surface area contributed by atoms with Crippen molar-refractivity contribution in [3.63, 3.8) is 0 Å². The largest absolute Gasteiger partial charge is 0.486 e. The number of nitrogens with one attached hydrogen (secondary N) is 1. The third kappa shape index (κ3) is 5.32. The Bertz CT molecular complexity index is 727. The minimum atomic E-state index is -0.108. The summed E-state index contributed by atoms with van der Waals surface area (Å²) in [5.74, 6) is 0.882. The van der Waals surface area contributed by atoms with Crippen LogP contribution in [0.25, 0.3) is 0 Å². The van der Waals surface area contributed by atoms with Crippen molar-refractivity contribution in [1.29, 1.82) is 0 Å². The van der Waals surface area contributed by atoms with Gasteiger partial charge in [0, 0.05) is 18.5 Å². The maximum atomic E-state index is 12.0. The standard InChI is InChI=1S/C19H25N3O2S/c1-5-10-22(19(23)20-6-2)11-16-13-25-18(21-16)12-24-17-9-7-8-14(3)15(17)4/h5,7-9,13H,1,6,10-12H2,2-4H3,(H,20,23). The number of rotatable bonds is 8. The van der Waals surface area contributed by atoms with E-state index in [1.165, 1.54) is 5.56 Å². The number of aromatic nitrogens is 1. The minimum absolute atomic E-state index is 0.108. The van der Waals surface area contributed by atoms with E-state index < -0.39 is 0 Å². The Morgan fingerprint density at radius 3 is 2.96 bits per heavy atom. The fourth-order valence-electron chi connectivity index (χ4n) is 2.34. The third-order valence-corrected chi connectivity index (χ3v) is 4.69. The lowest BCUT2D eigenvalue weighted by molar-refractivity contribution is 0.201. The molecular formula is C19H25N3O2S. The topological polar surface area (TPSA) is 54.5 Å². The zero-order valence-electron chi connectivity index (χ0n) is 15.0. The highest BCUT2D eigenvalue weighted by Gasteiger charge is 2.14. The van der Waals surface area contributed by atoms with Crippen LogP contribution in [0, 0.1) is 13.8 Å². The van der Waals surface area contributed by atoms with Gasteiger partial charge in [-0.2, -0.15) is 0 Å². The summed E-state index contributed by atoms with van der Waals surface area (Å²) >= 11 is 1.54. The number of carbonyl (C=O) groups is 1. The van der Waals surface area contributed by atoms with Crippen molar-refractivity contribution < 1.29 is 9.53 Å². The first-order valence-electron chi connectivity index (χ1n) is 8.31. The maximum Gasteiger partial charge on any atom is 0.318 e. The number of hydrogen-bond donors (Lipinski definition) is 1. The Kier molecular flexibility index (Phi) is 7.01. The van der Waals surface area contributed by atoms with Gasteiger partial charge < -0.3 is 15.0 Å². The van der Waals surface area contributed by atoms with Gasteiger partial charge in [0.15, 0.2) is 0 Å². The van der Waals surface area contributed by atoms with Crippen LogP contribution in [0.4, 0.5) is 4.79 Å². The lowest BCUT2D eigenvalue weighted by Crippen LogP contribution is -2.39.